The highest BCUT2D eigenvalue weighted by Gasteiger charge is 2.43. The van der Waals surface area contributed by atoms with Gasteiger partial charge in [-0.15, -0.1) is 0 Å². The molecule has 2 heteroatoms. The number of fused-ring (bicyclic) bond motifs is 2. The highest BCUT2D eigenvalue weighted by molar-refractivity contribution is 5.66. The van der Waals surface area contributed by atoms with E-state index in [9.17, 15) is 4.79 Å². The zero-order valence-corrected chi connectivity index (χ0v) is 9.92. The summed E-state index contributed by atoms with van der Waals surface area (Å²) in [4.78, 5) is 11.2. The number of hydrogen-bond donors (Lipinski definition) is 0. The number of hydrogen-bond acceptors (Lipinski definition) is 2. The quantitative estimate of drug-likeness (QED) is 0.654. The highest BCUT2D eigenvalue weighted by Crippen LogP contribution is 2.47. The monoisotopic (exact) mass is 210 g/mol. The maximum Gasteiger partial charge on any atom is 0.303 e. The van der Waals surface area contributed by atoms with Gasteiger partial charge in [0.2, 0.25) is 0 Å². The third kappa shape index (κ3) is 2.35. The first-order valence-corrected chi connectivity index (χ1v) is 6.33. The number of carbonyl (C=O) groups is 1. The Hall–Kier alpha value is -0.530. The van der Waals surface area contributed by atoms with Crippen LogP contribution >= 0.6 is 0 Å². The van der Waals surface area contributed by atoms with E-state index in [1.54, 1.807) is 6.92 Å². The second kappa shape index (κ2) is 4.15. The number of esters is 1. The van der Waals surface area contributed by atoms with Gasteiger partial charge in [0.1, 0.15) is 5.60 Å². The predicted octanol–water partition coefficient (Wildman–Crippen LogP) is 3.30. The molecular formula is C13H22O2. The molecule has 86 valence electrons. The molecule has 0 amide bonds. The standard InChI is InChI=1S/C13H22O2/c1-3-13(15-10(2)14)8-11-5-4-6-12(7-11)9-13/h11-12H,3-9H2,1-2H3. The molecular weight excluding hydrogens is 188 g/mol. The lowest BCUT2D eigenvalue weighted by Gasteiger charge is -2.46. The lowest BCUT2D eigenvalue weighted by atomic mass is 9.65. The minimum atomic E-state index is -0.111. The topological polar surface area (TPSA) is 26.3 Å². The summed E-state index contributed by atoms with van der Waals surface area (Å²) >= 11 is 0. The Balaban J connectivity index is 2.08. The van der Waals surface area contributed by atoms with Crippen molar-refractivity contribution in [1.82, 2.24) is 0 Å². The average molecular weight is 210 g/mol. The Morgan fingerprint density at radius 3 is 2.40 bits per heavy atom. The van der Waals surface area contributed by atoms with Gasteiger partial charge in [-0.05, 0) is 37.5 Å². The van der Waals surface area contributed by atoms with Crippen LogP contribution in [0.15, 0.2) is 0 Å². The van der Waals surface area contributed by atoms with Crippen molar-refractivity contribution in [2.45, 2.75) is 64.4 Å². The van der Waals surface area contributed by atoms with Crippen molar-refractivity contribution in [3.8, 4) is 0 Å². The second-order valence-electron chi connectivity index (χ2n) is 5.44. The molecule has 2 fully saturated rings. The molecule has 2 bridgehead atoms. The molecule has 0 spiro atoms. The van der Waals surface area contributed by atoms with Gasteiger partial charge in [0, 0.05) is 6.92 Å². The lowest BCUT2D eigenvalue weighted by Crippen LogP contribution is -2.43. The summed E-state index contributed by atoms with van der Waals surface area (Å²) in [6, 6.07) is 0. The van der Waals surface area contributed by atoms with Gasteiger partial charge in [-0.3, -0.25) is 4.79 Å². The third-order valence-corrected chi connectivity index (χ3v) is 4.22. The molecule has 2 atom stereocenters. The van der Waals surface area contributed by atoms with Crippen molar-refractivity contribution in [1.29, 1.82) is 0 Å². The Labute approximate surface area is 92.4 Å². The fourth-order valence-corrected chi connectivity index (χ4v) is 3.66. The summed E-state index contributed by atoms with van der Waals surface area (Å²) in [5.41, 5.74) is -0.111. The van der Waals surface area contributed by atoms with Gasteiger partial charge in [-0.2, -0.15) is 0 Å². The number of carbonyl (C=O) groups excluding carboxylic acids is 1. The molecule has 2 aliphatic carbocycles. The molecule has 0 N–H and O–H groups in total. The summed E-state index contributed by atoms with van der Waals surface area (Å²) in [6.45, 7) is 3.70. The number of rotatable bonds is 2. The third-order valence-electron chi connectivity index (χ3n) is 4.22. The van der Waals surface area contributed by atoms with Crippen LogP contribution in [0.3, 0.4) is 0 Å². The molecule has 2 rings (SSSR count). The maximum atomic E-state index is 11.2. The molecule has 0 aromatic carbocycles. The van der Waals surface area contributed by atoms with E-state index in [4.69, 9.17) is 4.74 Å². The maximum absolute atomic E-state index is 11.2. The minimum Gasteiger partial charge on any atom is -0.459 e. The van der Waals surface area contributed by atoms with Crippen LogP contribution in [0.5, 0.6) is 0 Å². The van der Waals surface area contributed by atoms with E-state index in [0.717, 1.165) is 31.1 Å². The van der Waals surface area contributed by atoms with Crippen molar-refractivity contribution in [2.75, 3.05) is 0 Å². The van der Waals surface area contributed by atoms with Crippen LogP contribution < -0.4 is 0 Å². The minimum absolute atomic E-state index is 0.100. The highest BCUT2D eigenvalue weighted by atomic mass is 16.6. The van der Waals surface area contributed by atoms with Crippen LogP contribution in [0.1, 0.15) is 58.8 Å². The molecule has 2 saturated carbocycles. The largest absolute Gasteiger partial charge is 0.459 e. The first-order chi connectivity index (χ1) is 7.13. The molecule has 0 heterocycles. The summed E-state index contributed by atoms with van der Waals surface area (Å²) in [6.07, 6.45) is 8.66. The molecule has 0 saturated heterocycles. The van der Waals surface area contributed by atoms with Crippen LogP contribution in [0.25, 0.3) is 0 Å². The molecule has 2 unspecified atom stereocenters. The molecule has 0 aromatic rings. The zero-order chi connectivity index (χ0) is 10.9. The van der Waals surface area contributed by atoms with E-state index in [2.05, 4.69) is 6.92 Å². The fraction of sp³-hybridized carbons (Fsp3) is 0.923. The van der Waals surface area contributed by atoms with Crippen molar-refractivity contribution >= 4 is 5.97 Å². The Morgan fingerprint density at radius 2 is 1.93 bits per heavy atom. The van der Waals surface area contributed by atoms with Crippen LogP contribution in [0.4, 0.5) is 0 Å². The van der Waals surface area contributed by atoms with E-state index in [1.165, 1.54) is 25.7 Å². The van der Waals surface area contributed by atoms with Crippen molar-refractivity contribution < 1.29 is 9.53 Å². The van der Waals surface area contributed by atoms with Gasteiger partial charge in [-0.1, -0.05) is 26.2 Å². The van der Waals surface area contributed by atoms with Gasteiger partial charge < -0.3 is 4.74 Å². The summed E-state index contributed by atoms with van der Waals surface area (Å²) < 4.78 is 5.63. The predicted molar refractivity (Wildman–Crippen MR) is 59.5 cm³/mol. The first-order valence-electron chi connectivity index (χ1n) is 6.33. The fourth-order valence-electron chi connectivity index (χ4n) is 3.66. The van der Waals surface area contributed by atoms with Gasteiger partial charge in [0.05, 0.1) is 0 Å². The first kappa shape index (κ1) is 11.0. The van der Waals surface area contributed by atoms with Gasteiger partial charge in [0.15, 0.2) is 0 Å². The molecule has 2 nitrogen and oxygen atoms in total. The normalized spacial score (nSPS) is 39.9. The molecule has 15 heavy (non-hydrogen) atoms. The Bertz CT molecular complexity index is 235. The van der Waals surface area contributed by atoms with Gasteiger partial charge >= 0.3 is 5.97 Å². The van der Waals surface area contributed by atoms with Crippen molar-refractivity contribution in [2.24, 2.45) is 11.8 Å². The van der Waals surface area contributed by atoms with Crippen LogP contribution in [0, 0.1) is 11.8 Å². The van der Waals surface area contributed by atoms with Gasteiger partial charge in [0.25, 0.3) is 0 Å². The van der Waals surface area contributed by atoms with Gasteiger partial charge in [-0.25, -0.2) is 0 Å². The Morgan fingerprint density at radius 1 is 1.33 bits per heavy atom. The van der Waals surface area contributed by atoms with Crippen LogP contribution in [0.2, 0.25) is 0 Å². The number of ether oxygens (including phenoxy) is 1. The lowest BCUT2D eigenvalue weighted by molar-refractivity contribution is -0.167. The van der Waals surface area contributed by atoms with E-state index in [-0.39, 0.29) is 11.6 Å². The molecule has 2 aliphatic rings. The van der Waals surface area contributed by atoms with E-state index < -0.39 is 0 Å². The van der Waals surface area contributed by atoms with Crippen LogP contribution in [-0.4, -0.2) is 11.6 Å². The summed E-state index contributed by atoms with van der Waals surface area (Å²) in [7, 11) is 0. The SMILES string of the molecule is CCC1(OC(C)=O)CC2CCCC(C2)C1. The van der Waals surface area contributed by atoms with Crippen molar-refractivity contribution in [3.05, 3.63) is 0 Å². The van der Waals surface area contributed by atoms with Crippen LogP contribution in [-0.2, 0) is 9.53 Å². The summed E-state index contributed by atoms with van der Waals surface area (Å²) in [5.74, 6) is 1.53. The van der Waals surface area contributed by atoms with E-state index >= 15 is 0 Å². The second-order valence-corrected chi connectivity index (χ2v) is 5.44. The van der Waals surface area contributed by atoms with E-state index in [1.807, 2.05) is 0 Å². The summed E-state index contributed by atoms with van der Waals surface area (Å²) in [5, 5.41) is 0. The average Bonchev–Trinajstić information content (AvgIpc) is 2.16. The zero-order valence-electron chi connectivity index (χ0n) is 9.92. The smallest absolute Gasteiger partial charge is 0.303 e. The molecule has 0 aromatic heterocycles. The van der Waals surface area contributed by atoms with Crippen molar-refractivity contribution in [3.63, 3.8) is 0 Å². The van der Waals surface area contributed by atoms with E-state index in [0.29, 0.717) is 0 Å². The Kier molecular flexibility index (Phi) is 3.03. The molecule has 0 radical (unpaired) electrons. The molecule has 0 aliphatic heterocycles.